The van der Waals surface area contributed by atoms with Crippen LogP contribution in [0, 0.1) is 0 Å². The van der Waals surface area contributed by atoms with Gasteiger partial charge in [-0.25, -0.2) is 0 Å². The van der Waals surface area contributed by atoms with E-state index in [1.165, 1.54) is 5.56 Å². The zero-order valence-corrected chi connectivity index (χ0v) is 12.4. The average Bonchev–Trinajstić information content (AvgIpc) is 2.45. The van der Waals surface area contributed by atoms with Crippen LogP contribution in [-0.2, 0) is 11.2 Å². The van der Waals surface area contributed by atoms with E-state index in [0.717, 1.165) is 28.6 Å². The first-order valence-corrected chi connectivity index (χ1v) is 6.97. The first-order chi connectivity index (χ1) is 9.29. The molecule has 0 saturated heterocycles. The summed E-state index contributed by atoms with van der Waals surface area (Å²) < 4.78 is 5.95. The van der Waals surface area contributed by atoms with Gasteiger partial charge in [-0.1, -0.05) is 34.1 Å². The Balaban J connectivity index is 2.02. The van der Waals surface area contributed by atoms with E-state index in [0.29, 0.717) is 0 Å². The van der Waals surface area contributed by atoms with E-state index in [2.05, 4.69) is 45.2 Å². The van der Waals surface area contributed by atoms with Gasteiger partial charge in [0.15, 0.2) is 0 Å². The number of nitrogens with zero attached hydrogens (tertiary/aromatic N) is 1. The van der Waals surface area contributed by atoms with Crippen LogP contribution in [0.1, 0.15) is 12.0 Å². The lowest BCUT2D eigenvalue weighted by atomic mass is 10.1. The van der Waals surface area contributed by atoms with Crippen LogP contribution >= 0.6 is 15.9 Å². The number of aromatic nitrogens is 1. The molecule has 0 aliphatic heterocycles. The number of hydrogen-bond donors (Lipinski definition) is 0. The molecule has 2 rings (SSSR count). The van der Waals surface area contributed by atoms with Gasteiger partial charge in [0.05, 0.1) is 19.1 Å². The van der Waals surface area contributed by atoms with Gasteiger partial charge in [-0.2, -0.15) is 0 Å². The monoisotopic (exact) mass is 317 g/mol. The maximum absolute atomic E-state index is 4.87. The lowest BCUT2D eigenvalue weighted by Crippen LogP contribution is -1.88. The SMILES string of the molecule is CO/C=C/CCc1ccc(-c2ccc(Br)cc2)nc1. The molecular weight excluding hydrogens is 302 g/mol. The highest BCUT2D eigenvalue weighted by Gasteiger charge is 1.99. The van der Waals surface area contributed by atoms with E-state index in [-0.39, 0.29) is 0 Å². The number of pyridine rings is 1. The molecule has 0 radical (unpaired) electrons. The van der Waals surface area contributed by atoms with Crippen LogP contribution in [-0.4, -0.2) is 12.1 Å². The van der Waals surface area contributed by atoms with Crippen molar-refractivity contribution in [3.63, 3.8) is 0 Å². The number of allylic oxidation sites excluding steroid dienone is 1. The first kappa shape index (κ1) is 13.8. The standard InChI is InChI=1S/C16H16BrNO/c1-19-11-3-2-4-13-5-10-16(18-12-13)14-6-8-15(17)9-7-14/h3,5-12H,2,4H2,1H3/b11-3+. The molecule has 0 aliphatic carbocycles. The Hall–Kier alpha value is -1.61. The molecule has 2 nitrogen and oxygen atoms in total. The van der Waals surface area contributed by atoms with E-state index in [1.807, 2.05) is 24.4 Å². The van der Waals surface area contributed by atoms with Gasteiger partial charge in [0.25, 0.3) is 0 Å². The molecule has 98 valence electrons. The number of halogens is 1. The summed E-state index contributed by atoms with van der Waals surface area (Å²) in [5.41, 5.74) is 3.37. The second-order valence-corrected chi connectivity index (χ2v) is 5.12. The van der Waals surface area contributed by atoms with E-state index in [9.17, 15) is 0 Å². The fraction of sp³-hybridized carbons (Fsp3) is 0.188. The van der Waals surface area contributed by atoms with Crippen LogP contribution in [0.25, 0.3) is 11.3 Å². The maximum Gasteiger partial charge on any atom is 0.0784 e. The summed E-state index contributed by atoms with van der Waals surface area (Å²) in [6, 6.07) is 12.4. The largest absolute Gasteiger partial charge is 0.505 e. The summed E-state index contributed by atoms with van der Waals surface area (Å²) in [6.07, 6.45) is 7.62. The molecule has 0 saturated carbocycles. The van der Waals surface area contributed by atoms with Crippen LogP contribution in [0.2, 0.25) is 0 Å². The van der Waals surface area contributed by atoms with E-state index in [1.54, 1.807) is 13.4 Å². The fourth-order valence-corrected chi connectivity index (χ4v) is 2.04. The Morgan fingerprint density at radius 2 is 1.95 bits per heavy atom. The summed E-state index contributed by atoms with van der Waals surface area (Å²) in [4.78, 5) is 4.51. The highest BCUT2D eigenvalue weighted by molar-refractivity contribution is 9.10. The van der Waals surface area contributed by atoms with Crippen LogP contribution in [0.15, 0.2) is 59.4 Å². The summed E-state index contributed by atoms with van der Waals surface area (Å²) >= 11 is 3.43. The number of methoxy groups -OCH3 is 1. The number of hydrogen-bond acceptors (Lipinski definition) is 2. The summed E-state index contributed by atoms with van der Waals surface area (Å²) in [5, 5.41) is 0. The molecule has 3 heteroatoms. The van der Waals surface area contributed by atoms with Crippen molar-refractivity contribution >= 4 is 15.9 Å². The van der Waals surface area contributed by atoms with Crippen LogP contribution < -0.4 is 0 Å². The third kappa shape index (κ3) is 4.21. The van der Waals surface area contributed by atoms with Crippen molar-refractivity contribution in [2.45, 2.75) is 12.8 Å². The molecule has 0 spiro atoms. The van der Waals surface area contributed by atoms with Crippen LogP contribution in [0.5, 0.6) is 0 Å². The predicted molar refractivity (Wildman–Crippen MR) is 81.8 cm³/mol. The average molecular weight is 318 g/mol. The lowest BCUT2D eigenvalue weighted by Gasteiger charge is -2.03. The van der Waals surface area contributed by atoms with Crippen molar-refractivity contribution in [2.75, 3.05) is 7.11 Å². The molecular formula is C16H16BrNO. The predicted octanol–water partition coefficient (Wildman–Crippen LogP) is 4.60. The van der Waals surface area contributed by atoms with Crippen molar-refractivity contribution in [3.8, 4) is 11.3 Å². The molecule has 0 bridgehead atoms. The molecule has 0 aliphatic rings. The molecule has 2 aromatic rings. The minimum atomic E-state index is 0.965. The van der Waals surface area contributed by atoms with Crippen molar-refractivity contribution in [2.24, 2.45) is 0 Å². The van der Waals surface area contributed by atoms with Gasteiger partial charge in [-0.3, -0.25) is 4.98 Å². The van der Waals surface area contributed by atoms with E-state index in [4.69, 9.17) is 4.74 Å². The van der Waals surface area contributed by atoms with Gasteiger partial charge in [0, 0.05) is 16.2 Å². The number of benzene rings is 1. The summed E-state index contributed by atoms with van der Waals surface area (Å²) in [6.45, 7) is 0. The molecule has 1 aromatic carbocycles. The van der Waals surface area contributed by atoms with Gasteiger partial charge in [-0.15, -0.1) is 0 Å². The van der Waals surface area contributed by atoms with E-state index >= 15 is 0 Å². The Bertz CT molecular complexity index is 532. The molecule has 0 amide bonds. The van der Waals surface area contributed by atoms with Crippen LogP contribution in [0.3, 0.4) is 0 Å². The first-order valence-electron chi connectivity index (χ1n) is 6.18. The van der Waals surface area contributed by atoms with Crippen molar-refractivity contribution in [3.05, 3.63) is 65.0 Å². The smallest absolute Gasteiger partial charge is 0.0784 e. The van der Waals surface area contributed by atoms with Crippen molar-refractivity contribution < 1.29 is 4.74 Å². The number of aryl methyl sites for hydroxylation is 1. The minimum absolute atomic E-state index is 0.965. The highest BCUT2D eigenvalue weighted by Crippen LogP contribution is 2.20. The topological polar surface area (TPSA) is 22.1 Å². The minimum Gasteiger partial charge on any atom is -0.505 e. The van der Waals surface area contributed by atoms with Crippen LogP contribution in [0.4, 0.5) is 0 Å². The van der Waals surface area contributed by atoms with Gasteiger partial charge in [-0.05, 0) is 42.7 Å². The Kier molecular flexibility index (Phi) is 5.16. The normalized spacial score (nSPS) is 10.8. The molecule has 1 aromatic heterocycles. The lowest BCUT2D eigenvalue weighted by molar-refractivity contribution is 0.336. The quantitative estimate of drug-likeness (QED) is 0.752. The zero-order valence-electron chi connectivity index (χ0n) is 10.8. The summed E-state index contributed by atoms with van der Waals surface area (Å²) in [7, 11) is 1.66. The van der Waals surface area contributed by atoms with Crippen molar-refractivity contribution in [1.29, 1.82) is 0 Å². The number of ether oxygens (including phenoxy) is 1. The summed E-state index contributed by atoms with van der Waals surface area (Å²) in [5.74, 6) is 0. The van der Waals surface area contributed by atoms with Crippen molar-refractivity contribution in [1.82, 2.24) is 4.98 Å². The molecule has 1 heterocycles. The van der Waals surface area contributed by atoms with Gasteiger partial charge >= 0.3 is 0 Å². The van der Waals surface area contributed by atoms with Gasteiger partial charge in [0.2, 0.25) is 0 Å². The highest BCUT2D eigenvalue weighted by atomic mass is 79.9. The molecule has 0 unspecified atom stereocenters. The van der Waals surface area contributed by atoms with Gasteiger partial charge < -0.3 is 4.74 Å². The second kappa shape index (κ2) is 7.10. The Morgan fingerprint density at radius 1 is 1.16 bits per heavy atom. The second-order valence-electron chi connectivity index (χ2n) is 4.20. The fourth-order valence-electron chi connectivity index (χ4n) is 1.78. The molecule has 0 atom stereocenters. The number of rotatable bonds is 5. The third-order valence-corrected chi connectivity index (χ3v) is 3.33. The molecule has 0 N–H and O–H groups in total. The maximum atomic E-state index is 4.87. The molecule has 0 fully saturated rings. The Labute approximate surface area is 122 Å². The zero-order chi connectivity index (χ0) is 13.5. The molecule has 19 heavy (non-hydrogen) atoms. The Morgan fingerprint density at radius 3 is 2.58 bits per heavy atom. The van der Waals surface area contributed by atoms with E-state index < -0.39 is 0 Å². The third-order valence-electron chi connectivity index (χ3n) is 2.80. The van der Waals surface area contributed by atoms with Gasteiger partial charge in [0.1, 0.15) is 0 Å².